The lowest BCUT2D eigenvalue weighted by Gasteiger charge is -2.12. The summed E-state index contributed by atoms with van der Waals surface area (Å²) in [5.41, 5.74) is 2.17. The van der Waals surface area contributed by atoms with Crippen molar-refractivity contribution in [2.75, 3.05) is 31.4 Å². The molecule has 1 N–H and O–H groups in total. The zero-order valence-corrected chi connectivity index (χ0v) is 14.2. The molecule has 1 amide bonds. The Morgan fingerprint density at radius 3 is 2.48 bits per heavy atom. The smallest absolute Gasteiger partial charge is 0.322 e. The normalized spacial score (nSPS) is 10.4. The van der Waals surface area contributed by atoms with E-state index >= 15 is 0 Å². The SMILES string of the molecule is COc1ccccc1-c1nnc(NC(=O)c2ccc(N(C)C)cc2)o1. The fourth-order valence-electron chi connectivity index (χ4n) is 2.28. The maximum atomic E-state index is 12.3. The van der Waals surface area contributed by atoms with Crippen LogP contribution < -0.4 is 15.0 Å². The molecule has 1 aromatic heterocycles. The maximum Gasteiger partial charge on any atom is 0.322 e. The Hall–Kier alpha value is -3.35. The van der Waals surface area contributed by atoms with Crippen LogP contribution in [0.2, 0.25) is 0 Å². The van der Waals surface area contributed by atoms with Crippen molar-refractivity contribution in [1.82, 2.24) is 10.2 Å². The van der Waals surface area contributed by atoms with Crippen LogP contribution in [0.4, 0.5) is 11.7 Å². The van der Waals surface area contributed by atoms with Crippen LogP contribution in [0.1, 0.15) is 10.4 Å². The first-order valence-electron chi connectivity index (χ1n) is 7.64. The Kier molecular flexibility index (Phi) is 4.65. The van der Waals surface area contributed by atoms with Gasteiger partial charge in [0.1, 0.15) is 5.75 Å². The highest BCUT2D eigenvalue weighted by molar-refractivity contribution is 6.03. The zero-order valence-electron chi connectivity index (χ0n) is 14.2. The molecule has 7 heteroatoms. The Morgan fingerprint density at radius 1 is 1.08 bits per heavy atom. The van der Waals surface area contributed by atoms with E-state index in [-0.39, 0.29) is 17.8 Å². The summed E-state index contributed by atoms with van der Waals surface area (Å²) in [5, 5.41) is 10.4. The summed E-state index contributed by atoms with van der Waals surface area (Å²) in [6.45, 7) is 0. The molecule has 128 valence electrons. The monoisotopic (exact) mass is 338 g/mol. The van der Waals surface area contributed by atoms with E-state index in [0.717, 1.165) is 5.69 Å². The summed E-state index contributed by atoms with van der Waals surface area (Å²) in [4.78, 5) is 14.2. The molecule has 0 bridgehead atoms. The number of methoxy groups -OCH3 is 1. The molecule has 0 saturated heterocycles. The Balaban J connectivity index is 1.76. The molecule has 0 saturated carbocycles. The minimum atomic E-state index is -0.319. The fraction of sp³-hybridized carbons (Fsp3) is 0.167. The predicted molar refractivity (Wildman–Crippen MR) is 95.0 cm³/mol. The third-order valence-electron chi connectivity index (χ3n) is 3.63. The molecule has 3 aromatic rings. The molecule has 0 radical (unpaired) electrons. The molecule has 0 spiro atoms. The van der Waals surface area contributed by atoms with E-state index in [9.17, 15) is 4.79 Å². The van der Waals surface area contributed by atoms with Gasteiger partial charge in [0.2, 0.25) is 0 Å². The quantitative estimate of drug-likeness (QED) is 0.770. The van der Waals surface area contributed by atoms with E-state index in [1.807, 2.05) is 43.3 Å². The number of carbonyl (C=O) groups excluding carboxylic acids is 1. The molecular formula is C18H18N4O3. The predicted octanol–water partition coefficient (Wildman–Crippen LogP) is 3.06. The van der Waals surface area contributed by atoms with Crippen LogP contribution in [-0.4, -0.2) is 37.3 Å². The summed E-state index contributed by atoms with van der Waals surface area (Å²) in [6.07, 6.45) is 0. The van der Waals surface area contributed by atoms with E-state index in [4.69, 9.17) is 9.15 Å². The van der Waals surface area contributed by atoms with Crippen molar-refractivity contribution in [2.45, 2.75) is 0 Å². The number of ether oxygens (including phenoxy) is 1. The van der Waals surface area contributed by atoms with Gasteiger partial charge in [0, 0.05) is 25.3 Å². The summed E-state index contributed by atoms with van der Waals surface area (Å²) in [7, 11) is 5.44. The minimum absolute atomic E-state index is 0.0302. The molecule has 0 aliphatic heterocycles. The van der Waals surface area contributed by atoms with Crippen LogP contribution in [-0.2, 0) is 0 Å². The van der Waals surface area contributed by atoms with Crippen LogP contribution in [0.25, 0.3) is 11.5 Å². The lowest BCUT2D eigenvalue weighted by Crippen LogP contribution is -2.13. The van der Waals surface area contributed by atoms with Crippen molar-refractivity contribution in [3.05, 3.63) is 54.1 Å². The van der Waals surface area contributed by atoms with Crippen LogP contribution in [0.3, 0.4) is 0 Å². The van der Waals surface area contributed by atoms with Gasteiger partial charge in [-0.15, -0.1) is 5.10 Å². The second kappa shape index (κ2) is 7.04. The van der Waals surface area contributed by atoms with Crippen molar-refractivity contribution >= 4 is 17.6 Å². The molecule has 3 rings (SSSR count). The number of para-hydroxylation sites is 1. The van der Waals surface area contributed by atoms with Crippen molar-refractivity contribution in [3.8, 4) is 17.2 Å². The highest BCUT2D eigenvalue weighted by Crippen LogP contribution is 2.29. The number of rotatable bonds is 5. The lowest BCUT2D eigenvalue weighted by atomic mass is 10.2. The number of nitrogens with one attached hydrogen (secondary N) is 1. The number of hydrogen-bond acceptors (Lipinski definition) is 6. The molecular weight excluding hydrogens is 320 g/mol. The first kappa shape index (κ1) is 16.5. The molecule has 0 fully saturated rings. The van der Waals surface area contributed by atoms with Crippen molar-refractivity contribution in [3.63, 3.8) is 0 Å². The average molecular weight is 338 g/mol. The van der Waals surface area contributed by atoms with Crippen molar-refractivity contribution in [1.29, 1.82) is 0 Å². The third-order valence-corrected chi connectivity index (χ3v) is 3.63. The van der Waals surface area contributed by atoms with Gasteiger partial charge >= 0.3 is 6.01 Å². The van der Waals surface area contributed by atoms with Gasteiger partial charge in [0.05, 0.1) is 12.7 Å². The summed E-state index contributed by atoms with van der Waals surface area (Å²) in [5.74, 6) is 0.569. The van der Waals surface area contributed by atoms with Crippen LogP contribution >= 0.6 is 0 Å². The number of amides is 1. The van der Waals surface area contributed by atoms with Crippen molar-refractivity contribution in [2.24, 2.45) is 0 Å². The number of nitrogens with zero attached hydrogens (tertiary/aromatic N) is 3. The summed E-state index contributed by atoms with van der Waals surface area (Å²) >= 11 is 0. The summed E-state index contributed by atoms with van der Waals surface area (Å²) in [6, 6.07) is 14.5. The largest absolute Gasteiger partial charge is 0.496 e. The van der Waals surface area contributed by atoms with Crippen molar-refractivity contribution < 1.29 is 13.9 Å². The van der Waals surface area contributed by atoms with E-state index in [1.165, 1.54) is 0 Å². The first-order valence-corrected chi connectivity index (χ1v) is 7.64. The Bertz CT molecular complexity index is 872. The zero-order chi connectivity index (χ0) is 17.8. The fourth-order valence-corrected chi connectivity index (χ4v) is 2.28. The van der Waals surface area contributed by atoms with Gasteiger partial charge in [-0.25, -0.2) is 0 Å². The van der Waals surface area contributed by atoms with Gasteiger partial charge in [-0.2, -0.15) is 0 Å². The van der Waals surface area contributed by atoms with Gasteiger partial charge < -0.3 is 14.1 Å². The number of carbonyl (C=O) groups is 1. The average Bonchev–Trinajstić information content (AvgIpc) is 3.10. The van der Waals surface area contributed by atoms with Gasteiger partial charge in [0.15, 0.2) is 0 Å². The van der Waals surface area contributed by atoms with E-state index < -0.39 is 0 Å². The maximum absolute atomic E-state index is 12.3. The molecule has 2 aromatic carbocycles. The second-order valence-electron chi connectivity index (χ2n) is 5.51. The number of benzene rings is 2. The van der Waals surface area contributed by atoms with E-state index in [0.29, 0.717) is 16.9 Å². The van der Waals surface area contributed by atoms with Gasteiger partial charge in [0.25, 0.3) is 11.8 Å². The van der Waals surface area contributed by atoms with E-state index in [1.54, 1.807) is 31.4 Å². The highest BCUT2D eigenvalue weighted by atomic mass is 16.5. The second-order valence-corrected chi connectivity index (χ2v) is 5.51. The molecule has 0 aliphatic carbocycles. The summed E-state index contributed by atoms with van der Waals surface area (Å²) < 4.78 is 10.8. The Morgan fingerprint density at radius 2 is 1.80 bits per heavy atom. The number of anilines is 2. The molecule has 25 heavy (non-hydrogen) atoms. The molecule has 0 aliphatic rings. The number of hydrogen-bond donors (Lipinski definition) is 1. The molecule has 0 unspecified atom stereocenters. The minimum Gasteiger partial charge on any atom is -0.496 e. The van der Waals surface area contributed by atoms with E-state index in [2.05, 4.69) is 15.5 Å². The molecule has 7 nitrogen and oxygen atoms in total. The van der Waals surface area contributed by atoms with Gasteiger partial charge in [-0.05, 0) is 36.4 Å². The van der Waals surface area contributed by atoms with Crippen LogP contribution in [0.5, 0.6) is 5.75 Å². The Labute approximate surface area is 145 Å². The van der Waals surface area contributed by atoms with Gasteiger partial charge in [-0.1, -0.05) is 17.2 Å². The first-order chi connectivity index (χ1) is 12.1. The molecule has 1 heterocycles. The number of aromatic nitrogens is 2. The lowest BCUT2D eigenvalue weighted by molar-refractivity contribution is 0.102. The van der Waals surface area contributed by atoms with Crippen LogP contribution in [0.15, 0.2) is 52.9 Å². The highest BCUT2D eigenvalue weighted by Gasteiger charge is 2.15. The third kappa shape index (κ3) is 3.60. The van der Waals surface area contributed by atoms with Crippen LogP contribution in [0, 0.1) is 0 Å². The topological polar surface area (TPSA) is 80.5 Å². The molecule has 0 atom stereocenters. The van der Waals surface area contributed by atoms with Gasteiger partial charge in [-0.3, -0.25) is 10.1 Å². The standard InChI is InChI=1S/C18H18N4O3/c1-22(2)13-10-8-12(9-11-13)16(23)19-18-21-20-17(25-18)14-6-4-5-7-15(14)24-3/h4-11H,1-3H3,(H,19,21,23).